The molecule has 0 N–H and O–H groups in total. The van der Waals surface area contributed by atoms with E-state index in [2.05, 4.69) is 25.8 Å². The summed E-state index contributed by atoms with van der Waals surface area (Å²) in [4.78, 5) is 2.50. The molecule has 1 rings (SSSR count). The number of piperazine rings is 1. The van der Waals surface area contributed by atoms with E-state index in [4.69, 9.17) is 0 Å². The van der Waals surface area contributed by atoms with Crippen molar-refractivity contribution in [2.75, 3.05) is 46.3 Å². The van der Waals surface area contributed by atoms with Crippen molar-refractivity contribution in [1.82, 2.24) is 4.90 Å². The predicted molar refractivity (Wildman–Crippen MR) is 85.5 cm³/mol. The highest BCUT2D eigenvalue weighted by atomic mass is 35.5. The Bertz CT molecular complexity index is 208. The standard InChI is InChI=1S/C17H37N2.ClH/c1-4-6-8-9-10-11-15-19(14-7-5-2)16-12-18(3)13-17-19;/h4-17H2,1-3H3;1H/q+1;/p-1. The van der Waals surface area contributed by atoms with E-state index in [0.717, 1.165) is 0 Å². The van der Waals surface area contributed by atoms with Crippen LogP contribution in [0.15, 0.2) is 0 Å². The molecule has 0 aromatic rings. The topological polar surface area (TPSA) is 3.24 Å². The van der Waals surface area contributed by atoms with Crippen LogP contribution in [0.5, 0.6) is 0 Å². The molecule has 0 amide bonds. The van der Waals surface area contributed by atoms with E-state index in [0.29, 0.717) is 0 Å². The van der Waals surface area contributed by atoms with Gasteiger partial charge in [-0.05, 0) is 26.3 Å². The van der Waals surface area contributed by atoms with Crippen LogP contribution in [-0.2, 0) is 0 Å². The fraction of sp³-hybridized carbons (Fsp3) is 1.00. The molecule has 1 heterocycles. The van der Waals surface area contributed by atoms with Crippen LogP contribution in [0.3, 0.4) is 0 Å². The van der Waals surface area contributed by atoms with Gasteiger partial charge in [-0.2, -0.15) is 0 Å². The Kier molecular flexibility index (Phi) is 11.9. The van der Waals surface area contributed by atoms with Crippen LogP contribution in [0.25, 0.3) is 0 Å². The van der Waals surface area contributed by atoms with Crippen LogP contribution in [0.2, 0.25) is 0 Å². The molecule has 0 saturated carbocycles. The first kappa shape index (κ1) is 20.2. The van der Waals surface area contributed by atoms with Gasteiger partial charge >= 0.3 is 0 Å². The van der Waals surface area contributed by atoms with Crippen LogP contribution >= 0.6 is 0 Å². The number of rotatable bonds is 10. The van der Waals surface area contributed by atoms with E-state index in [1.54, 1.807) is 0 Å². The Labute approximate surface area is 133 Å². The van der Waals surface area contributed by atoms with E-state index in [-0.39, 0.29) is 12.4 Å². The first-order valence-corrected chi connectivity index (χ1v) is 8.76. The van der Waals surface area contributed by atoms with Crippen LogP contribution in [0.1, 0.15) is 65.2 Å². The lowest BCUT2D eigenvalue weighted by Crippen LogP contribution is -3.00. The number of nitrogens with zero attached hydrogens (tertiary/aromatic N) is 2. The molecule has 0 atom stereocenters. The molecule has 0 aliphatic carbocycles. The zero-order chi connectivity index (χ0) is 14.0. The molecule has 122 valence electrons. The minimum atomic E-state index is 0. The molecule has 0 radical (unpaired) electrons. The third-order valence-electron chi connectivity index (χ3n) is 4.88. The number of hydrogen-bond acceptors (Lipinski definition) is 1. The van der Waals surface area contributed by atoms with E-state index >= 15 is 0 Å². The number of likely N-dealkylation sites (N-methyl/N-ethyl adjacent to an activating group) is 1. The van der Waals surface area contributed by atoms with Gasteiger partial charge in [0.15, 0.2) is 0 Å². The number of halogens is 1. The van der Waals surface area contributed by atoms with E-state index in [1.807, 2.05) is 0 Å². The molecule has 0 unspecified atom stereocenters. The van der Waals surface area contributed by atoms with Crippen molar-refractivity contribution in [2.24, 2.45) is 0 Å². The molecule has 20 heavy (non-hydrogen) atoms. The smallest absolute Gasteiger partial charge is 0.0916 e. The average molecular weight is 305 g/mol. The summed E-state index contributed by atoms with van der Waals surface area (Å²) < 4.78 is 1.42. The van der Waals surface area contributed by atoms with Crippen molar-refractivity contribution in [3.05, 3.63) is 0 Å². The molecule has 3 heteroatoms. The molecule has 2 nitrogen and oxygen atoms in total. The average Bonchev–Trinajstić information content (AvgIpc) is 2.43. The highest BCUT2D eigenvalue weighted by molar-refractivity contribution is 4.61. The van der Waals surface area contributed by atoms with Crippen molar-refractivity contribution in [3.8, 4) is 0 Å². The minimum absolute atomic E-state index is 0. The van der Waals surface area contributed by atoms with Gasteiger partial charge in [-0.1, -0.05) is 46.0 Å². The highest BCUT2D eigenvalue weighted by Gasteiger charge is 2.30. The van der Waals surface area contributed by atoms with Crippen molar-refractivity contribution < 1.29 is 16.9 Å². The summed E-state index contributed by atoms with van der Waals surface area (Å²) in [7, 11) is 2.28. The van der Waals surface area contributed by atoms with Gasteiger partial charge in [-0.25, -0.2) is 0 Å². The molecular weight excluding hydrogens is 268 g/mol. The third kappa shape index (κ3) is 7.85. The quantitative estimate of drug-likeness (QED) is 0.428. The lowest BCUT2D eigenvalue weighted by Gasteiger charge is -2.44. The second kappa shape index (κ2) is 11.8. The number of hydrogen-bond donors (Lipinski definition) is 0. The van der Waals surface area contributed by atoms with Crippen molar-refractivity contribution >= 4 is 0 Å². The molecule has 0 aromatic carbocycles. The second-order valence-electron chi connectivity index (χ2n) is 6.66. The predicted octanol–water partition coefficient (Wildman–Crippen LogP) is 0.913. The summed E-state index contributed by atoms with van der Waals surface area (Å²) in [5.41, 5.74) is 0. The third-order valence-corrected chi connectivity index (χ3v) is 4.88. The Hall–Kier alpha value is 0.210. The van der Waals surface area contributed by atoms with Gasteiger partial charge in [-0.15, -0.1) is 0 Å². The fourth-order valence-corrected chi connectivity index (χ4v) is 3.27. The lowest BCUT2D eigenvalue weighted by molar-refractivity contribution is -0.932. The molecular formula is C17H37ClN2. The molecule has 0 bridgehead atoms. The van der Waals surface area contributed by atoms with Crippen LogP contribution in [0.4, 0.5) is 0 Å². The van der Waals surface area contributed by atoms with Crippen LogP contribution in [0, 0.1) is 0 Å². The largest absolute Gasteiger partial charge is 1.00 e. The van der Waals surface area contributed by atoms with Crippen molar-refractivity contribution in [1.29, 1.82) is 0 Å². The summed E-state index contributed by atoms with van der Waals surface area (Å²) >= 11 is 0. The summed E-state index contributed by atoms with van der Waals surface area (Å²) in [6.45, 7) is 12.9. The maximum Gasteiger partial charge on any atom is 0.0916 e. The van der Waals surface area contributed by atoms with Gasteiger partial charge in [0.25, 0.3) is 0 Å². The molecule has 1 fully saturated rings. The summed E-state index contributed by atoms with van der Waals surface area (Å²) in [5, 5.41) is 0. The van der Waals surface area contributed by atoms with Gasteiger partial charge in [-0.3, -0.25) is 4.90 Å². The Morgan fingerprint density at radius 1 is 0.750 bits per heavy atom. The Balaban J connectivity index is 0.00000361. The van der Waals surface area contributed by atoms with Gasteiger partial charge in [0, 0.05) is 13.1 Å². The molecule has 1 aliphatic rings. The SMILES string of the molecule is CCCCCCCC[N+]1(CCCC)CCN(C)CC1.[Cl-]. The van der Waals surface area contributed by atoms with Gasteiger partial charge < -0.3 is 16.9 Å². The maximum atomic E-state index is 2.50. The molecule has 0 aromatic heterocycles. The number of quaternary nitrogens is 1. The van der Waals surface area contributed by atoms with Crippen LogP contribution in [-0.4, -0.2) is 55.7 Å². The minimum Gasteiger partial charge on any atom is -1.00 e. The summed E-state index contributed by atoms with van der Waals surface area (Å²) in [6, 6.07) is 0. The first-order valence-electron chi connectivity index (χ1n) is 8.76. The molecule has 1 saturated heterocycles. The van der Waals surface area contributed by atoms with Crippen LogP contribution < -0.4 is 12.4 Å². The molecule has 1 aliphatic heterocycles. The van der Waals surface area contributed by atoms with Gasteiger partial charge in [0.1, 0.15) is 0 Å². The fourth-order valence-electron chi connectivity index (χ4n) is 3.27. The zero-order valence-corrected chi connectivity index (χ0v) is 14.9. The van der Waals surface area contributed by atoms with E-state index in [9.17, 15) is 0 Å². The second-order valence-corrected chi connectivity index (χ2v) is 6.66. The Morgan fingerprint density at radius 3 is 1.85 bits per heavy atom. The number of unbranched alkanes of at least 4 members (excludes halogenated alkanes) is 6. The van der Waals surface area contributed by atoms with E-state index < -0.39 is 0 Å². The van der Waals surface area contributed by atoms with Gasteiger partial charge in [0.05, 0.1) is 26.2 Å². The summed E-state index contributed by atoms with van der Waals surface area (Å²) in [6.07, 6.45) is 11.4. The maximum absolute atomic E-state index is 2.50. The monoisotopic (exact) mass is 304 g/mol. The lowest BCUT2D eigenvalue weighted by atomic mass is 10.1. The zero-order valence-electron chi connectivity index (χ0n) is 14.2. The van der Waals surface area contributed by atoms with Crippen molar-refractivity contribution in [3.63, 3.8) is 0 Å². The normalized spacial score (nSPS) is 18.8. The first-order chi connectivity index (χ1) is 9.22. The van der Waals surface area contributed by atoms with Crippen molar-refractivity contribution in [2.45, 2.75) is 65.2 Å². The molecule has 0 spiro atoms. The highest BCUT2D eigenvalue weighted by Crippen LogP contribution is 2.17. The van der Waals surface area contributed by atoms with Gasteiger partial charge in [0.2, 0.25) is 0 Å². The Morgan fingerprint density at radius 2 is 1.25 bits per heavy atom. The summed E-state index contributed by atoms with van der Waals surface area (Å²) in [5.74, 6) is 0. The van der Waals surface area contributed by atoms with E-state index in [1.165, 1.54) is 95.1 Å².